The molecule has 0 saturated heterocycles. The first-order valence-electron chi connectivity index (χ1n) is 11.3. The number of hydrogen-bond donors (Lipinski definition) is 1. The third kappa shape index (κ3) is 4.16. The van der Waals surface area contributed by atoms with Gasteiger partial charge in [-0.1, -0.05) is 25.6 Å². The minimum absolute atomic E-state index is 0. The first kappa shape index (κ1) is 27.3. The quantitative estimate of drug-likeness (QED) is 0.490. The van der Waals surface area contributed by atoms with Gasteiger partial charge in [-0.25, -0.2) is 9.79 Å². The number of benzene rings is 1. The standard InChI is InChI=1S/C25H26N4O5.CH4.ClH/c1-4-25(27-33)10-15-9-20-22-14(11-29(20)23(31)18(15)13-34-24(25)32)5-6-16-17(12-28(2)3)21(30)8-7-19(16)26-22;;/h5,7-9,30H,4,6,10-13H2,1-3H3;1H4;1H/t25-;;/m0../s1. The number of nitrogens with zero attached hydrogens (tertiary/aromatic N) is 4. The maximum absolute atomic E-state index is 13.4. The summed E-state index contributed by atoms with van der Waals surface area (Å²) in [6.07, 6.45) is 2.85. The number of rotatable bonds is 4. The van der Waals surface area contributed by atoms with E-state index in [0.29, 0.717) is 42.0 Å². The molecule has 0 fully saturated rings. The molecule has 3 aliphatic rings. The Balaban J connectivity index is 0.00000180. The van der Waals surface area contributed by atoms with Gasteiger partial charge in [0, 0.05) is 18.5 Å². The average molecular weight is 515 g/mol. The lowest BCUT2D eigenvalue weighted by atomic mass is 9.88. The lowest BCUT2D eigenvalue weighted by Crippen LogP contribution is -2.38. The number of pyridine rings is 1. The van der Waals surface area contributed by atoms with Crippen LogP contribution in [0.5, 0.6) is 5.75 Å². The number of aromatic hydroxyl groups is 1. The van der Waals surface area contributed by atoms with E-state index in [-0.39, 0.29) is 50.6 Å². The number of aromatic nitrogens is 1. The van der Waals surface area contributed by atoms with Crippen LogP contribution in [-0.2, 0) is 42.1 Å². The molecule has 36 heavy (non-hydrogen) atoms. The molecule has 5 rings (SSSR count). The van der Waals surface area contributed by atoms with Crippen LogP contribution in [0.1, 0.15) is 48.7 Å². The summed E-state index contributed by atoms with van der Waals surface area (Å²) in [6, 6.07) is 5.29. The highest BCUT2D eigenvalue weighted by Crippen LogP contribution is 2.37. The summed E-state index contributed by atoms with van der Waals surface area (Å²) in [4.78, 5) is 44.5. The molecule has 4 heterocycles. The number of nitroso groups, excluding NO2 is 1. The minimum atomic E-state index is -1.54. The van der Waals surface area contributed by atoms with E-state index < -0.39 is 11.5 Å². The molecule has 0 spiro atoms. The zero-order valence-electron chi connectivity index (χ0n) is 19.8. The van der Waals surface area contributed by atoms with Crippen LogP contribution < -0.4 is 5.56 Å². The highest BCUT2D eigenvalue weighted by atomic mass is 35.5. The Kier molecular flexibility index (Phi) is 7.57. The molecular weight excluding hydrogens is 484 g/mol. The van der Waals surface area contributed by atoms with Crippen molar-refractivity contribution < 1.29 is 14.6 Å². The molecule has 0 amide bonds. The number of carbonyl (C=O) groups is 1. The van der Waals surface area contributed by atoms with Crippen molar-refractivity contribution in [1.82, 2.24) is 9.47 Å². The van der Waals surface area contributed by atoms with Crippen LogP contribution in [0.25, 0.3) is 0 Å². The number of phenolic OH excluding ortho intramolecular Hbond substituents is 1. The van der Waals surface area contributed by atoms with E-state index >= 15 is 0 Å². The van der Waals surface area contributed by atoms with Crippen molar-refractivity contribution in [2.45, 2.75) is 58.8 Å². The molecule has 1 atom stereocenters. The zero-order valence-corrected chi connectivity index (χ0v) is 20.6. The SMILES string of the molecule is C.CC[C@]1(N=O)Cc2cc3n(c(=O)c2COC1=O)CC1=CCc2c(ccc(O)c2CN(C)C)N=C13.Cl. The van der Waals surface area contributed by atoms with Gasteiger partial charge in [-0.15, -0.1) is 17.3 Å². The van der Waals surface area contributed by atoms with Gasteiger partial charge in [0.05, 0.1) is 29.2 Å². The second-order valence-corrected chi connectivity index (χ2v) is 9.35. The Morgan fingerprint density at radius 2 is 2.00 bits per heavy atom. The number of phenols is 1. The Bertz CT molecular complexity index is 1360. The smallest absolute Gasteiger partial charge is 0.338 e. The molecule has 1 N–H and O–H groups in total. The van der Waals surface area contributed by atoms with Crippen molar-refractivity contribution in [1.29, 1.82) is 0 Å². The Hall–Kier alpha value is -3.30. The molecule has 1 aromatic heterocycles. The fourth-order valence-electron chi connectivity index (χ4n) is 5.01. The molecule has 0 aliphatic carbocycles. The van der Waals surface area contributed by atoms with Crippen molar-refractivity contribution in [2.24, 2.45) is 10.2 Å². The number of aliphatic imine (C=N–C) groups is 1. The van der Waals surface area contributed by atoms with Gasteiger partial charge in [0.2, 0.25) is 5.54 Å². The van der Waals surface area contributed by atoms with Crippen molar-refractivity contribution in [3.63, 3.8) is 0 Å². The van der Waals surface area contributed by atoms with Crippen LogP contribution in [0.2, 0.25) is 0 Å². The summed E-state index contributed by atoms with van der Waals surface area (Å²) in [7, 11) is 3.89. The molecule has 0 radical (unpaired) electrons. The van der Waals surface area contributed by atoms with Crippen LogP contribution in [-0.4, -0.2) is 45.9 Å². The monoisotopic (exact) mass is 514 g/mol. The second kappa shape index (κ2) is 9.99. The maximum atomic E-state index is 13.4. The largest absolute Gasteiger partial charge is 0.508 e. The first-order valence-corrected chi connectivity index (χ1v) is 11.3. The van der Waals surface area contributed by atoms with Gasteiger partial charge < -0.3 is 19.3 Å². The van der Waals surface area contributed by atoms with Crippen molar-refractivity contribution in [2.75, 3.05) is 14.1 Å². The van der Waals surface area contributed by atoms with E-state index in [1.165, 1.54) is 0 Å². The summed E-state index contributed by atoms with van der Waals surface area (Å²) in [5, 5.41) is 13.6. The van der Waals surface area contributed by atoms with Crippen LogP contribution in [0, 0.1) is 4.91 Å². The van der Waals surface area contributed by atoms with Crippen LogP contribution >= 0.6 is 12.4 Å². The number of hydrogen-bond acceptors (Lipinski definition) is 8. The molecule has 2 aromatic rings. The molecule has 10 heteroatoms. The number of ether oxygens (including phenoxy) is 1. The molecule has 192 valence electrons. The number of esters is 1. The lowest BCUT2D eigenvalue weighted by Gasteiger charge is -2.20. The Morgan fingerprint density at radius 3 is 2.67 bits per heavy atom. The number of allylic oxidation sites excluding steroid dienone is 2. The average Bonchev–Trinajstić information content (AvgIpc) is 2.95. The Morgan fingerprint density at radius 1 is 1.25 bits per heavy atom. The van der Waals surface area contributed by atoms with E-state index in [2.05, 4.69) is 11.3 Å². The molecule has 0 bridgehead atoms. The summed E-state index contributed by atoms with van der Waals surface area (Å²) in [5.41, 5.74) is 4.01. The summed E-state index contributed by atoms with van der Waals surface area (Å²) >= 11 is 0. The summed E-state index contributed by atoms with van der Waals surface area (Å²) < 4.78 is 6.94. The third-order valence-electron chi connectivity index (χ3n) is 6.98. The minimum Gasteiger partial charge on any atom is -0.508 e. The summed E-state index contributed by atoms with van der Waals surface area (Å²) in [6.45, 7) is 2.48. The molecule has 3 aliphatic heterocycles. The van der Waals surface area contributed by atoms with Crippen molar-refractivity contribution in [3.05, 3.63) is 73.1 Å². The van der Waals surface area contributed by atoms with Crippen LogP contribution in [0.3, 0.4) is 0 Å². The van der Waals surface area contributed by atoms with E-state index in [0.717, 1.165) is 22.4 Å². The zero-order chi connectivity index (χ0) is 24.2. The van der Waals surface area contributed by atoms with Crippen molar-refractivity contribution >= 4 is 29.8 Å². The fraction of sp³-hybridized carbons (Fsp3) is 0.423. The van der Waals surface area contributed by atoms with E-state index in [4.69, 9.17) is 9.73 Å². The number of halogens is 1. The highest BCUT2D eigenvalue weighted by molar-refractivity contribution is 6.15. The van der Waals surface area contributed by atoms with Crippen molar-refractivity contribution in [3.8, 4) is 5.75 Å². The normalized spacial score (nSPS) is 19.6. The fourth-order valence-corrected chi connectivity index (χ4v) is 5.01. The Labute approximate surface area is 215 Å². The molecule has 0 unspecified atom stereocenters. The predicted octanol–water partition coefficient (Wildman–Crippen LogP) is 3.80. The predicted molar refractivity (Wildman–Crippen MR) is 140 cm³/mol. The maximum Gasteiger partial charge on any atom is 0.338 e. The second-order valence-electron chi connectivity index (χ2n) is 9.35. The van der Waals surface area contributed by atoms with Gasteiger partial charge in [-0.05, 0) is 61.8 Å². The van der Waals surface area contributed by atoms with Gasteiger partial charge in [0.15, 0.2) is 0 Å². The van der Waals surface area contributed by atoms with Gasteiger partial charge >= 0.3 is 5.97 Å². The molecule has 1 aromatic carbocycles. The first-order chi connectivity index (χ1) is 16.3. The van der Waals surface area contributed by atoms with Gasteiger partial charge in [0.1, 0.15) is 12.4 Å². The lowest BCUT2D eigenvalue weighted by molar-refractivity contribution is -0.150. The van der Waals surface area contributed by atoms with E-state index in [1.54, 1.807) is 23.6 Å². The van der Waals surface area contributed by atoms with Crippen LogP contribution in [0.15, 0.2) is 44.8 Å². The van der Waals surface area contributed by atoms with E-state index in [9.17, 15) is 19.6 Å². The molecule has 9 nitrogen and oxygen atoms in total. The van der Waals surface area contributed by atoms with E-state index in [1.807, 2.05) is 25.1 Å². The topological polar surface area (TPSA) is 114 Å². The highest BCUT2D eigenvalue weighted by Gasteiger charge is 2.44. The molecule has 0 saturated carbocycles. The number of fused-ring (bicyclic) bond motifs is 5. The van der Waals surface area contributed by atoms with Gasteiger partial charge in [-0.2, -0.15) is 0 Å². The van der Waals surface area contributed by atoms with Gasteiger partial charge in [-0.3, -0.25) is 4.79 Å². The summed E-state index contributed by atoms with van der Waals surface area (Å²) in [5.74, 6) is -0.456. The molecular formula is C26H31ClN4O5. The third-order valence-corrected chi connectivity index (χ3v) is 6.98. The van der Waals surface area contributed by atoms with Gasteiger partial charge in [0.25, 0.3) is 5.56 Å². The van der Waals surface area contributed by atoms with Crippen LogP contribution in [0.4, 0.5) is 5.69 Å². The number of cyclic esters (lactones) is 1. The number of carbonyl (C=O) groups excluding carboxylic acids is 1.